The SMILES string of the molecule is [2H]c1c(N)c(C(=O)OCC)nc2ccc(Cl)cc12. The smallest absolute Gasteiger partial charge is 0.359 e. The average molecular weight is 252 g/mol. The van der Waals surface area contributed by atoms with E-state index in [4.69, 9.17) is 23.4 Å². The summed E-state index contributed by atoms with van der Waals surface area (Å²) >= 11 is 5.85. The molecular weight excluding hydrogens is 240 g/mol. The summed E-state index contributed by atoms with van der Waals surface area (Å²) in [5, 5.41) is 0.995. The molecule has 0 amide bonds. The van der Waals surface area contributed by atoms with Crippen LogP contribution >= 0.6 is 11.6 Å². The lowest BCUT2D eigenvalue weighted by molar-refractivity contribution is 0.0521. The molecule has 0 bridgehead atoms. The van der Waals surface area contributed by atoms with Gasteiger partial charge in [0.05, 0.1) is 19.2 Å². The number of hydrogen-bond acceptors (Lipinski definition) is 4. The molecule has 1 heterocycles. The molecule has 1 aromatic carbocycles. The van der Waals surface area contributed by atoms with E-state index in [2.05, 4.69) is 4.98 Å². The van der Waals surface area contributed by atoms with E-state index in [0.29, 0.717) is 15.9 Å². The molecule has 4 nitrogen and oxygen atoms in total. The van der Waals surface area contributed by atoms with E-state index in [1.807, 2.05) is 0 Å². The summed E-state index contributed by atoms with van der Waals surface area (Å²) in [7, 11) is 0. The molecule has 0 spiro atoms. The Morgan fingerprint density at radius 3 is 3.12 bits per heavy atom. The fraction of sp³-hybridized carbons (Fsp3) is 0.167. The molecule has 88 valence electrons. The Morgan fingerprint density at radius 1 is 1.65 bits per heavy atom. The number of nitrogen functional groups attached to an aromatic ring is 1. The molecule has 0 saturated heterocycles. The summed E-state index contributed by atoms with van der Waals surface area (Å²) in [6.45, 7) is 1.92. The molecular formula is C12H11ClN2O2. The van der Waals surface area contributed by atoms with Crippen molar-refractivity contribution in [2.75, 3.05) is 12.3 Å². The first-order valence-electron chi connectivity index (χ1n) is 5.57. The van der Waals surface area contributed by atoms with Gasteiger partial charge in [-0.15, -0.1) is 0 Å². The van der Waals surface area contributed by atoms with Crippen molar-refractivity contribution in [1.82, 2.24) is 4.98 Å². The number of anilines is 1. The number of esters is 1. The van der Waals surface area contributed by atoms with E-state index in [1.165, 1.54) is 0 Å². The zero-order chi connectivity index (χ0) is 13.3. The van der Waals surface area contributed by atoms with Gasteiger partial charge in [-0.2, -0.15) is 0 Å². The highest BCUT2D eigenvalue weighted by Gasteiger charge is 2.13. The number of rotatable bonds is 2. The quantitative estimate of drug-likeness (QED) is 0.834. The van der Waals surface area contributed by atoms with Crippen LogP contribution in [0.25, 0.3) is 10.9 Å². The van der Waals surface area contributed by atoms with Crippen LogP contribution in [0.4, 0.5) is 5.69 Å². The second kappa shape index (κ2) is 4.59. The van der Waals surface area contributed by atoms with Crippen LogP contribution in [0.15, 0.2) is 24.2 Å². The van der Waals surface area contributed by atoms with Crippen LogP contribution in [-0.2, 0) is 4.74 Å². The monoisotopic (exact) mass is 251 g/mol. The number of nitrogens with two attached hydrogens (primary N) is 1. The third-order valence-electron chi connectivity index (χ3n) is 2.18. The second-order valence-corrected chi connectivity index (χ2v) is 3.82. The van der Waals surface area contributed by atoms with E-state index >= 15 is 0 Å². The van der Waals surface area contributed by atoms with E-state index < -0.39 is 5.97 Å². The van der Waals surface area contributed by atoms with Gasteiger partial charge in [-0.1, -0.05) is 11.6 Å². The normalized spacial score (nSPS) is 11.3. The zero-order valence-corrected chi connectivity index (χ0v) is 9.91. The molecule has 0 aliphatic rings. The third-order valence-corrected chi connectivity index (χ3v) is 2.42. The number of aromatic nitrogens is 1. The highest BCUT2D eigenvalue weighted by Crippen LogP contribution is 2.22. The van der Waals surface area contributed by atoms with Gasteiger partial charge >= 0.3 is 5.97 Å². The standard InChI is InChI=1S/C12H11ClN2O2/c1-2-17-12(16)11-9(14)6-7-5-8(13)3-4-10(7)15-11/h3-6H,2,14H2,1H3/i6D. The summed E-state index contributed by atoms with van der Waals surface area (Å²) in [6, 6.07) is 4.90. The molecule has 5 heteroatoms. The number of hydrogen-bond donors (Lipinski definition) is 1. The highest BCUT2D eigenvalue weighted by atomic mass is 35.5. The Hall–Kier alpha value is -1.81. The van der Waals surface area contributed by atoms with Crippen molar-refractivity contribution in [2.45, 2.75) is 6.92 Å². The van der Waals surface area contributed by atoms with Gasteiger partial charge in [0.15, 0.2) is 5.69 Å². The van der Waals surface area contributed by atoms with Crippen molar-refractivity contribution in [2.24, 2.45) is 0 Å². The van der Waals surface area contributed by atoms with Gasteiger partial charge in [-0.25, -0.2) is 9.78 Å². The predicted octanol–water partition coefficient (Wildman–Crippen LogP) is 2.65. The van der Waals surface area contributed by atoms with Gasteiger partial charge in [-0.05, 0) is 31.2 Å². The lowest BCUT2D eigenvalue weighted by atomic mass is 10.2. The molecule has 0 aliphatic carbocycles. The van der Waals surface area contributed by atoms with Crippen molar-refractivity contribution in [1.29, 1.82) is 0 Å². The highest BCUT2D eigenvalue weighted by molar-refractivity contribution is 6.31. The van der Waals surface area contributed by atoms with Crippen LogP contribution in [0.2, 0.25) is 5.02 Å². The number of ether oxygens (including phenoxy) is 1. The first-order valence-corrected chi connectivity index (χ1v) is 5.44. The molecule has 0 fully saturated rings. The van der Waals surface area contributed by atoms with Crippen molar-refractivity contribution in [3.63, 3.8) is 0 Å². The lowest BCUT2D eigenvalue weighted by Crippen LogP contribution is -2.10. The van der Waals surface area contributed by atoms with Gasteiger partial charge in [0.1, 0.15) is 0 Å². The fourth-order valence-electron chi connectivity index (χ4n) is 1.45. The number of halogens is 1. The van der Waals surface area contributed by atoms with Crippen LogP contribution in [0.5, 0.6) is 0 Å². The summed E-state index contributed by atoms with van der Waals surface area (Å²) in [5.74, 6) is -0.625. The van der Waals surface area contributed by atoms with Gasteiger partial charge in [0.2, 0.25) is 0 Å². The van der Waals surface area contributed by atoms with E-state index in [-0.39, 0.29) is 24.0 Å². The Morgan fingerprint density at radius 2 is 2.41 bits per heavy atom. The number of benzene rings is 1. The fourth-order valence-corrected chi connectivity index (χ4v) is 1.62. The Kier molecular flexibility index (Phi) is 2.80. The molecule has 0 saturated carbocycles. The largest absolute Gasteiger partial charge is 0.461 e. The Labute approximate surface area is 105 Å². The van der Waals surface area contributed by atoms with Crippen LogP contribution in [0.1, 0.15) is 18.8 Å². The summed E-state index contributed by atoms with van der Waals surface area (Å²) in [6.07, 6.45) is 0. The number of nitrogens with zero attached hydrogens (tertiary/aromatic N) is 1. The number of fused-ring (bicyclic) bond motifs is 1. The Balaban J connectivity index is 2.67. The van der Waals surface area contributed by atoms with Gasteiger partial charge < -0.3 is 10.5 Å². The molecule has 2 N–H and O–H groups in total. The maximum atomic E-state index is 11.7. The van der Waals surface area contributed by atoms with Crippen molar-refractivity contribution < 1.29 is 10.9 Å². The van der Waals surface area contributed by atoms with E-state index in [0.717, 1.165) is 0 Å². The summed E-state index contributed by atoms with van der Waals surface area (Å²) in [5.41, 5.74) is 6.20. The molecule has 0 unspecified atom stereocenters. The minimum Gasteiger partial charge on any atom is -0.461 e. The molecule has 1 aromatic heterocycles. The van der Waals surface area contributed by atoms with Gasteiger partial charge in [0, 0.05) is 10.4 Å². The van der Waals surface area contributed by atoms with Crippen LogP contribution < -0.4 is 5.73 Å². The van der Waals surface area contributed by atoms with E-state index in [1.54, 1.807) is 25.1 Å². The number of carbonyl (C=O) groups is 1. The van der Waals surface area contributed by atoms with E-state index in [9.17, 15) is 4.79 Å². The minimum absolute atomic E-state index is 0.00298. The van der Waals surface area contributed by atoms with Crippen molar-refractivity contribution >= 4 is 34.2 Å². The maximum absolute atomic E-state index is 11.7. The van der Waals surface area contributed by atoms with Crippen LogP contribution in [-0.4, -0.2) is 17.6 Å². The molecule has 2 rings (SSSR count). The number of pyridine rings is 1. The average Bonchev–Trinajstić information content (AvgIpc) is 2.34. The van der Waals surface area contributed by atoms with Gasteiger partial charge in [0.25, 0.3) is 0 Å². The third kappa shape index (κ3) is 2.31. The van der Waals surface area contributed by atoms with Crippen LogP contribution in [0, 0.1) is 0 Å². The molecule has 0 radical (unpaired) electrons. The lowest BCUT2D eigenvalue weighted by Gasteiger charge is -2.06. The molecule has 17 heavy (non-hydrogen) atoms. The predicted molar refractivity (Wildman–Crippen MR) is 67.1 cm³/mol. The topological polar surface area (TPSA) is 65.2 Å². The first-order chi connectivity index (χ1) is 8.54. The molecule has 0 aliphatic heterocycles. The maximum Gasteiger partial charge on any atom is 0.359 e. The molecule has 0 atom stereocenters. The molecule has 2 aromatic rings. The zero-order valence-electron chi connectivity index (χ0n) is 10.2. The summed E-state index contributed by atoms with van der Waals surface area (Å²) in [4.78, 5) is 15.8. The van der Waals surface area contributed by atoms with Crippen LogP contribution in [0.3, 0.4) is 0 Å². The Bertz CT molecular complexity index is 631. The first kappa shape index (κ1) is 10.4. The summed E-state index contributed by atoms with van der Waals surface area (Å²) < 4.78 is 12.8. The van der Waals surface area contributed by atoms with Crippen molar-refractivity contribution in [3.8, 4) is 0 Å². The second-order valence-electron chi connectivity index (χ2n) is 3.38. The van der Waals surface area contributed by atoms with Crippen molar-refractivity contribution in [3.05, 3.63) is 35.0 Å². The number of carbonyl (C=O) groups excluding carboxylic acids is 1. The minimum atomic E-state index is -0.625. The van der Waals surface area contributed by atoms with Gasteiger partial charge in [-0.3, -0.25) is 0 Å².